The summed E-state index contributed by atoms with van der Waals surface area (Å²) in [6.07, 6.45) is 1.17. The first-order valence-corrected chi connectivity index (χ1v) is 6.66. The number of rotatable bonds is 7. The first-order chi connectivity index (χ1) is 9.54. The second-order valence-corrected chi connectivity index (χ2v) is 4.72. The summed E-state index contributed by atoms with van der Waals surface area (Å²) in [6.45, 7) is 0.523. The van der Waals surface area contributed by atoms with Crippen LogP contribution in [0.25, 0.3) is 0 Å². The van der Waals surface area contributed by atoms with Crippen molar-refractivity contribution in [3.8, 4) is 0 Å². The van der Waals surface area contributed by atoms with Crippen molar-refractivity contribution in [1.82, 2.24) is 4.90 Å². The van der Waals surface area contributed by atoms with E-state index in [0.717, 1.165) is 5.56 Å². The van der Waals surface area contributed by atoms with Crippen molar-refractivity contribution in [3.63, 3.8) is 0 Å². The van der Waals surface area contributed by atoms with E-state index in [1.165, 1.54) is 7.11 Å². The summed E-state index contributed by atoms with van der Waals surface area (Å²) in [6, 6.07) is 9.24. The Morgan fingerprint density at radius 3 is 2.55 bits per heavy atom. The molecule has 0 aliphatic heterocycles. The minimum atomic E-state index is -0.299. The number of benzene rings is 1. The third-order valence-corrected chi connectivity index (χ3v) is 3.15. The van der Waals surface area contributed by atoms with Crippen LogP contribution in [0.4, 0.5) is 0 Å². The standard InChI is InChI=1S/C15H22N2O3/c1-17(10-6-9-15(19)20-2)14(18)11-13(16)12-7-4-3-5-8-12/h3-5,7-8,13H,6,9-11,16H2,1-2H3. The molecule has 0 aromatic heterocycles. The summed E-state index contributed by atoms with van der Waals surface area (Å²) in [5.41, 5.74) is 6.96. The van der Waals surface area contributed by atoms with Crippen LogP contribution in [-0.2, 0) is 14.3 Å². The van der Waals surface area contributed by atoms with E-state index in [0.29, 0.717) is 19.4 Å². The molecule has 1 aromatic rings. The molecule has 2 N–H and O–H groups in total. The average Bonchev–Trinajstić information content (AvgIpc) is 2.47. The summed E-state index contributed by atoms with van der Waals surface area (Å²) in [4.78, 5) is 24.6. The van der Waals surface area contributed by atoms with Gasteiger partial charge in [0, 0.05) is 32.5 Å². The van der Waals surface area contributed by atoms with Gasteiger partial charge >= 0.3 is 5.97 Å². The second-order valence-electron chi connectivity index (χ2n) is 4.72. The zero-order valence-corrected chi connectivity index (χ0v) is 12.0. The number of methoxy groups -OCH3 is 1. The highest BCUT2D eigenvalue weighted by Gasteiger charge is 2.15. The van der Waals surface area contributed by atoms with Gasteiger partial charge in [0.2, 0.25) is 5.91 Å². The van der Waals surface area contributed by atoms with E-state index in [2.05, 4.69) is 4.74 Å². The summed E-state index contributed by atoms with van der Waals surface area (Å²) >= 11 is 0. The summed E-state index contributed by atoms with van der Waals surface area (Å²) in [5.74, 6) is -0.280. The molecular formula is C15H22N2O3. The second kappa shape index (κ2) is 8.32. The molecule has 0 radical (unpaired) electrons. The van der Waals surface area contributed by atoms with Gasteiger partial charge in [0.15, 0.2) is 0 Å². The average molecular weight is 278 g/mol. The van der Waals surface area contributed by atoms with Gasteiger partial charge in [0.1, 0.15) is 0 Å². The van der Waals surface area contributed by atoms with Crippen LogP contribution in [0.15, 0.2) is 30.3 Å². The smallest absolute Gasteiger partial charge is 0.305 e. The van der Waals surface area contributed by atoms with Crippen LogP contribution < -0.4 is 5.73 Å². The number of amides is 1. The highest BCUT2D eigenvalue weighted by Crippen LogP contribution is 2.14. The number of nitrogens with zero attached hydrogens (tertiary/aromatic N) is 1. The van der Waals surface area contributed by atoms with Crippen molar-refractivity contribution >= 4 is 11.9 Å². The van der Waals surface area contributed by atoms with Gasteiger partial charge in [-0.3, -0.25) is 9.59 Å². The Kier molecular flexibility index (Phi) is 6.73. The number of esters is 1. The molecule has 1 rings (SSSR count). The molecule has 0 bridgehead atoms. The maximum atomic E-state index is 12.0. The Hall–Kier alpha value is -1.88. The van der Waals surface area contributed by atoms with Gasteiger partial charge in [-0.2, -0.15) is 0 Å². The Bertz CT molecular complexity index is 434. The molecule has 5 nitrogen and oxygen atoms in total. The minimum absolute atomic E-state index is 0.0220. The monoisotopic (exact) mass is 278 g/mol. The lowest BCUT2D eigenvalue weighted by Crippen LogP contribution is -2.31. The minimum Gasteiger partial charge on any atom is -0.469 e. The van der Waals surface area contributed by atoms with Crippen molar-refractivity contribution in [2.45, 2.75) is 25.3 Å². The number of carbonyl (C=O) groups excluding carboxylic acids is 2. The fraction of sp³-hybridized carbons (Fsp3) is 0.467. The van der Waals surface area contributed by atoms with Crippen molar-refractivity contribution in [2.75, 3.05) is 20.7 Å². The zero-order valence-electron chi connectivity index (χ0n) is 12.0. The number of carbonyl (C=O) groups is 2. The van der Waals surface area contributed by atoms with Crippen LogP contribution in [0.1, 0.15) is 30.9 Å². The molecule has 1 atom stereocenters. The molecule has 0 aliphatic carbocycles. The van der Waals surface area contributed by atoms with Gasteiger partial charge in [0.05, 0.1) is 7.11 Å². The van der Waals surface area contributed by atoms with Gasteiger partial charge in [-0.1, -0.05) is 30.3 Å². The van der Waals surface area contributed by atoms with Crippen LogP contribution in [0.3, 0.4) is 0 Å². The molecule has 0 fully saturated rings. The predicted octanol–water partition coefficient (Wildman–Crippen LogP) is 1.49. The van der Waals surface area contributed by atoms with E-state index in [4.69, 9.17) is 5.73 Å². The number of ether oxygens (including phenoxy) is 1. The quantitative estimate of drug-likeness (QED) is 0.767. The van der Waals surface area contributed by atoms with Crippen LogP contribution >= 0.6 is 0 Å². The molecule has 0 spiro atoms. The Morgan fingerprint density at radius 2 is 1.95 bits per heavy atom. The molecule has 0 aliphatic rings. The van der Waals surface area contributed by atoms with Gasteiger partial charge in [0.25, 0.3) is 0 Å². The lowest BCUT2D eigenvalue weighted by molar-refractivity contribution is -0.141. The third kappa shape index (κ3) is 5.40. The van der Waals surface area contributed by atoms with E-state index in [-0.39, 0.29) is 24.3 Å². The highest BCUT2D eigenvalue weighted by molar-refractivity contribution is 5.76. The van der Waals surface area contributed by atoms with E-state index < -0.39 is 0 Å². The van der Waals surface area contributed by atoms with Crippen molar-refractivity contribution in [3.05, 3.63) is 35.9 Å². The lowest BCUT2D eigenvalue weighted by Gasteiger charge is -2.19. The highest BCUT2D eigenvalue weighted by atomic mass is 16.5. The van der Waals surface area contributed by atoms with Crippen LogP contribution in [0, 0.1) is 0 Å². The first kappa shape index (κ1) is 16.2. The number of nitrogens with two attached hydrogens (primary N) is 1. The van der Waals surface area contributed by atoms with Crippen LogP contribution in [0.2, 0.25) is 0 Å². The molecular weight excluding hydrogens is 256 g/mol. The normalized spacial score (nSPS) is 11.8. The van der Waals surface area contributed by atoms with E-state index in [9.17, 15) is 9.59 Å². The Balaban J connectivity index is 2.36. The lowest BCUT2D eigenvalue weighted by atomic mass is 10.0. The van der Waals surface area contributed by atoms with Gasteiger partial charge in [-0.15, -0.1) is 0 Å². The Morgan fingerprint density at radius 1 is 1.30 bits per heavy atom. The van der Waals surface area contributed by atoms with Crippen LogP contribution in [-0.4, -0.2) is 37.5 Å². The maximum Gasteiger partial charge on any atom is 0.305 e. The number of hydrogen-bond donors (Lipinski definition) is 1. The van der Waals surface area contributed by atoms with Gasteiger partial charge in [-0.25, -0.2) is 0 Å². The SMILES string of the molecule is COC(=O)CCCN(C)C(=O)CC(N)c1ccccc1. The van der Waals surface area contributed by atoms with Crippen molar-refractivity contribution in [1.29, 1.82) is 0 Å². The predicted molar refractivity (Wildman–Crippen MR) is 76.9 cm³/mol. The molecule has 5 heteroatoms. The fourth-order valence-corrected chi connectivity index (χ4v) is 1.85. The third-order valence-electron chi connectivity index (χ3n) is 3.15. The van der Waals surface area contributed by atoms with E-state index >= 15 is 0 Å². The fourth-order valence-electron chi connectivity index (χ4n) is 1.85. The van der Waals surface area contributed by atoms with Gasteiger partial charge in [-0.05, 0) is 12.0 Å². The molecule has 1 amide bonds. The van der Waals surface area contributed by atoms with E-state index in [1.807, 2.05) is 30.3 Å². The maximum absolute atomic E-state index is 12.0. The topological polar surface area (TPSA) is 72.6 Å². The first-order valence-electron chi connectivity index (χ1n) is 6.66. The zero-order chi connectivity index (χ0) is 15.0. The largest absolute Gasteiger partial charge is 0.469 e. The molecule has 0 saturated heterocycles. The summed E-state index contributed by atoms with van der Waals surface area (Å²) in [5, 5.41) is 0. The van der Waals surface area contributed by atoms with Crippen molar-refractivity contribution in [2.24, 2.45) is 5.73 Å². The summed E-state index contributed by atoms with van der Waals surface area (Å²) in [7, 11) is 3.08. The molecule has 110 valence electrons. The van der Waals surface area contributed by atoms with E-state index in [1.54, 1.807) is 11.9 Å². The summed E-state index contributed by atoms with van der Waals surface area (Å²) < 4.78 is 4.55. The van der Waals surface area contributed by atoms with Gasteiger partial charge < -0.3 is 15.4 Å². The molecule has 0 saturated carbocycles. The molecule has 1 unspecified atom stereocenters. The molecule has 20 heavy (non-hydrogen) atoms. The molecule has 1 aromatic carbocycles. The van der Waals surface area contributed by atoms with Crippen molar-refractivity contribution < 1.29 is 14.3 Å². The van der Waals surface area contributed by atoms with Crippen LogP contribution in [0.5, 0.6) is 0 Å². The Labute approximate surface area is 119 Å². The number of hydrogen-bond acceptors (Lipinski definition) is 4. The molecule has 0 heterocycles.